The lowest BCUT2D eigenvalue weighted by Crippen LogP contribution is -2.63. The van der Waals surface area contributed by atoms with Gasteiger partial charge in [0.05, 0.1) is 6.61 Å². The predicted octanol–water partition coefficient (Wildman–Crippen LogP) is 4.16. The number of hydrogen-bond donors (Lipinski definition) is 1. The summed E-state index contributed by atoms with van der Waals surface area (Å²) < 4.78 is 28.8. The Kier molecular flexibility index (Phi) is 11.8. The number of rotatable bonds is 12. The van der Waals surface area contributed by atoms with Gasteiger partial charge >= 0.3 is 17.9 Å². The van der Waals surface area contributed by atoms with Gasteiger partial charge in [-0.15, -0.1) is 34.8 Å². The maximum Gasteiger partial charge on any atom is 0.321 e. The number of aliphatic hydroxyl groups is 1. The van der Waals surface area contributed by atoms with E-state index < -0.39 is 71.9 Å². The Bertz CT molecular complexity index is 1250. The molecule has 0 bridgehead atoms. The largest absolute Gasteiger partial charge is 0.454 e. The number of ether oxygens (including phenoxy) is 5. The zero-order chi connectivity index (χ0) is 30.8. The van der Waals surface area contributed by atoms with Crippen LogP contribution in [0.25, 0.3) is 0 Å². The molecule has 0 saturated carbocycles. The van der Waals surface area contributed by atoms with Crippen molar-refractivity contribution in [1.82, 2.24) is 0 Å². The molecule has 3 aromatic rings. The third-order valence-electron chi connectivity index (χ3n) is 6.74. The molecule has 1 aliphatic rings. The predicted molar refractivity (Wildman–Crippen MR) is 158 cm³/mol. The minimum atomic E-state index is -1.82. The second-order valence-electron chi connectivity index (χ2n) is 9.42. The van der Waals surface area contributed by atoms with Crippen molar-refractivity contribution < 1.29 is 43.2 Å². The maximum atomic E-state index is 12.5. The highest BCUT2D eigenvalue weighted by Gasteiger charge is 2.53. The van der Waals surface area contributed by atoms with Gasteiger partial charge in [0.15, 0.2) is 24.6 Å². The van der Waals surface area contributed by atoms with Crippen LogP contribution in [0.3, 0.4) is 0 Å². The molecule has 1 heterocycles. The molecule has 0 aliphatic carbocycles. The van der Waals surface area contributed by atoms with Crippen LogP contribution in [0.4, 0.5) is 0 Å². The lowest BCUT2D eigenvalue weighted by molar-refractivity contribution is -0.299. The molecular weight excluding hydrogens is 623 g/mol. The molecule has 228 valence electrons. The summed E-state index contributed by atoms with van der Waals surface area (Å²) in [5, 5.41) is 10.9. The first-order valence-electron chi connectivity index (χ1n) is 13.2. The molecule has 0 aromatic heterocycles. The third kappa shape index (κ3) is 7.67. The second kappa shape index (κ2) is 15.5. The molecule has 5 atom stereocenters. The Balaban J connectivity index is 1.79. The standard InChI is InChI=1S/C31H29Cl3O9/c32-16-24(35)41-27-23(40-30(38)29(43-26(37)18-34)28(27)42-25(36)17-33)19-39-31(20-10-4-1-5-11-20,21-12-6-2-7-13-21)22-14-8-3-9-15-22/h1-15,23,27-30,38H,16-19H2/t23-,27+,28-,29-,30+/m0/s1. The van der Waals surface area contributed by atoms with E-state index in [0.717, 1.165) is 16.7 Å². The van der Waals surface area contributed by atoms with Crippen LogP contribution in [0, 0.1) is 0 Å². The number of carbonyl (C=O) groups is 3. The van der Waals surface area contributed by atoms with Crippen molar-refractivity contribution in [1.29, 1.82) is 0 Å². The van der Waals surface area contributed by atoms with Gasteiger partial charge < -0.3 is 28.8 Å². The van der Waals surface area contributed by atoms with E-state index >= 15 is 0 Å². The van der Waals surface area contributed by atoms with Crippen molar-refractivity contribution in [2.75, 3.05) is 24.2 Å². The number of benzene rings is 3. The number of halogens is 3. The molecule has 0 amide bonds. The Hall–Kier alpha value is -3.18. The van der Waals surface area contributed by atoms with Crippen LogP contribution in [0.5, 0.6) is 0 Å². The van der Waals surface area contributed by atoms with Gasteiger partial charge in [0, 0.05) is 0 Å². The van der Waals surface area contributed by atoms with Crippen molar-refractivity contribution in [2.45, 2.75) is 36.3 Å². The molecule has 0 spiro atoms. The van der Waals surface area contributed by atoms with Crippen molar-refractivity contribution >= 4 is 52.7 Å². The molecule has 1 N–H and O–H groups in total. The zero-order valence-corrected chi connectivity index (χ0v) is 25.0. The topological polar surface area (TPSA) is 118 Å². The quantitative estimate of drug-likeness (QED) is 0.133. The molecule has 1 aliphatic heterocycles. The van der Waals surface area contributed by atoms with E-state index in [-0.39, 0.29) is 6.61 Å². The summed E-state index contributed by atoms with van der Waals surface area (Å²) in [4.78, 5) is 36.9. The van der Waals surface area contributed by atoms with Crippen molar-refractivity contribution in [3.05, 3.63) is 108 Å². The van der Waals surface area contributed by atoms with Gasteiger partial charge in [-0.2, -0.15) is 0 Å². The summed E-state index contributed by atoms with van der Waals surface area (Å²) in [5.74, 6) is -4.42. The summed E-state index contributed by atoms with van der Waals surface area (Å²) in [7, 11) is 0. The van der Waals surface area contributed by atoms with Gasteiger partial charge in [-0.3, -0.25) is 14.4 Å². The van der Waals surface area contributed by atoms with Crippen LogP contribution < -0.4 is 0 Å². The van der Waals surface area contributed by atoms with Gasteiger partial charge in [0.25, 0.3) is 0 Å². The number of hydrogen-bond acceptors (Lipinski definition) is 9. The summed E-state index contributed by atoms with van der Waals surface area (Å²) in [6.07, 6.45) is -7.64. The van der Waals surface area contributed by atoms with Gasteiger partial charge in [-0.1, -0.05) is 91.0 Å². The molecule has 3 aromatic carbocycles. The molecule has 12 heteroatoms. The lowest BCUT2D eigenvalue weighted by atomic mass is 9.80. The molecular formula is C31H29Cl3O9. The average molecular weight is 652 g/mol. The highest BCUT2D eigenvalue weighted by molar-refractivity contribution is 6.27. The normalized spacial score (nSPS) is 21.9. The van der Waals surface area contributed by atoms with E-state index in [1.54, 1.807) is 0 Å². The van der Waals surface area contributed by atoms with E-state index in [1.807, 2.05) is 91.0 Å². The first-order valence-corrected chi connectivity index (χ1v) is 14.8. The van der Waals surface area contributed by atoms with E-state index in [2.05, 4.69) is 0 Å². The number of aliphatic hydroxyl groups excluding tert-OH is 1. The van der Waals surface area contributed by atoms with Gasteiger partial charge in [0.2, 0.25) is 0 Å². The molecule has 0 radical (unpaired) electrons. The fourth-order valence-electron chi connectivity index (χ4n) is 4.96. The molecule has 4 rings (SSSR count). The monoisotopic (exact) mass is 650 g/mol. The third-order valence-corrected chi connectivity index (χ3v) is 7.40. The maximum absolute atomic E-state index is 12.5. The average Bonchev–Trinajstić information content (AvgIpc) is 3.05. The smallest absolute Gasteiger partial charge is 0.321 e. The minimum absolute atomic E-state index is 0.304. The molecule has 1 fully saturated rings. The lowest BCUT2D eigenvalue weighted by Gasteiger charge is -2.44. The Morgan fingerprint density at radius 2 is 1.00 bits per heavy atom. The fourth-order valence-corrected chi connectivity index (χ4v) is 5.15. The van der Waals surface area contributed by atoms with E-state index in [1.165, 1.54) is 0 Å². The summed E-state index contributed by atoms with van der Waals surface area (Å²) >= 11 is 17.0. The second-order valence-corrected chi connectivity index (χ2v) is 10.2. The number of esters is 3. The van der Waals surface area contributed by atoms with E-state index in [4.69, 9.17) is 58.5 Å². The van der Waals surface area contributed by atoms with Crippen LogP contribution in [0.2, 0.25) is 0 Å². The zero-order valence-electron chi connectivity index (χ0n) is 22.7. The van der Waals surface area contributed by atoms with Gasteiger partial charge in [-0.05, 0) is 16.7 Å². The van der Waals surface area contributed by atoms with E-state index in [9.17, 15) is 19.5 Å². The fraction of sp³-hybridized carbons (Fsp3) is 0.323. The number of carbonyl (C=O) groups excluding carboxylic acids is 3. The molecule has 43 heavy (non-hydrogen) atoms. The highest BCUT2D eigenvalue weighted by atomic mass is 35.5. The van der Waals surface area contributed by atoms with Crippen LogP contribution in [0.1, 0.15) is 16.7 Å². The van der Waals surface area contributed by atoms with Crippen molar-refractivity contribution in [3.63, 3.8) is 0 Å². The van der Waals surface area contributed by atoms with Crippen molar-refractivity contribution in [3.8, 4) is 0 Å². The van der Waals surface area contributed by atoms with E-state index in [0.29, 0.717) is 0 Å². The Labute approximate surface area is 263 Å². The Morgan fingerprint density at radius 1 is 0.628 bits per heavy atom. The highest BCUT2D eigenvalue weighted by Crippen LogP contribution is 2.41. The van der Waals surface area contributed by atoms with Crippen LogP contribution >= 0.6 is 34.8 Å². The molecule has 1 saturated heterocycles. The van der Waals surface area contributed by atoms with Gasteiger partial charge in [0.1, 0.15) is 29.3 Å². The van der Waals surface area contributed by atoms with Crippen molar-refractivity contribution in [2.24, 2.45) is 0 Å². The molecule has 0 unspecified atom stereocenters. The minimum Gasteiger partial charge on any atom is -0.454 e. The van der Waals surface area contributed by atoms with Crippen LogP contribution in [-0.4, -0.2) is 78.0 Å². The first kappa shape index (κ1) is 32.7. The summed E-state index contributed by atoms with van der Waals surface area (Å²) in [5.41, 5.74) is 1.12. The summed E-state index contributed by atoms with van der Waals surface area (Å²) in [6, 6.07) is 28.4. The SMILES string of the molecule is O=C(CCl)O[C@@H]1[C@H](OC(=O)CCl)[C@H](O)O[C@@H](COC(c2ccccc2)(c2ccccc2)c2ccccc2)[C@H]1OC(=O)CCl. The van der Waals surface area contributed by atoms with Crippen LogP contribution in [-0.2, 0) is 43.7 Å². The van der Waals surface area contributed by atoms with Gasteiger partial charge in [-0.25, -0.2) is 0 Å². The Morgan fingerprint density at radius 3 is 1.40 bits per heavy atom. The number of alkyl halides is 3. The van der Waals surface area contributed by atoms with Crippen LogP contribution in [0.15, 0.2) is 91.0 Å². The molecule has 9 nitrogen and oxygen atoms in total. The summed E-state index contributed by atoms with van der Waals surface area (Å²) in [6.45, 7) is -0.304. The first-order chi connectivity index (χ1) is 20.8.